The number of methoxy groups -OCH3 is 1. The predicted molar refractivity (Wildman–Crippen MR) is 80.0 cm³/mol. The number of para-hydroxylation sites is 1. The summed E-state index contributed by atoms with van der Waals surface area (Å²) in [7, 11) is 1.67. The average Bonchev–Trinajstić information content (AvgIpc) is 3.15. The van der Waals surface area contributed by atoms with Crippen molar-refractivity contribution in [2.24, 2.45) is 5.92 Å². The second-order valence-corrected chi connectivity index (χ2v) is 6.04. The highest BCUT2D eigenvalue weighted by Crippen LogP contribution is 2.39. The van der Waals surface area contributed by atoms with Gasteiger partial charge in [-0.25, -0.2) is 0 Å². The van der Waals surface area contributed by atoms with Crippen molar-refractivity contribution < 1.29 is 14.6 Å². The van der Waals surface area contributed by atoms with Crippen LogP contribution in [0.1, 0.15) is 43.7 Å². The van der Waals surface area contributed by atoms with E-state index in [0.29, 0.717) is 0 Å². The number of nitrogens with zero attached hydrogens (tertiary/aromatic N) is 1. The largest absolute Gasteiger partial charge is 0.496 e. The quantitative estimate of drug-likeness (QED) is 0.930. The van der Waals surface area contributed by atoms with Crippen LogP contribution >= 0.6 is 0 Å². The molecule has 0 radical (unpaired) electrons. The van der Waals surface area contributed by atoms with E-state index in [2.05, 4.69) is 0 Å². The first-order valence-electron chi connectivity index (χ1n) is 7.84. The Hall–Kier alpha value is -1.55. The van der Waals surface area contributed by atoms with Gasteiger partial charge in [-0.2, -0.15) is 0 Å². The van der Waals surface area contributed by atoms with Crippen molar-refractivity contribution in [1.29, 1.82) is 0 Å². The number of likely N-dealkylation sites (tertiary alicyclic amines) is 1. The number of aliphatic hydroxyl groups is 1. The van der Waals surface area contributed by atoms with Crippen molar-refractivity contribution in [2.45, 2.75) is 44.2 Å². The summed E-state index contributed by atoms with van der Waals surface area (Å²) in [4.78, 5) is 14.7. The minimum Gasteiger partial charge on any atom is -0.496 e. The molecular weight excluding hydrogens is 266 g/mol. The molecule has 1 saturated carbocycles. The maximum absolute atomic E-state index is 12.8. The third-order valence-electron chi connectivity index (χ3n) is 4.83. The molecule has 114 valence electrons. The van der Waals surface area contributed by atoms with Gasteiger partial charge in [0.1, 0.15) is 5.75 Å². The molecule has 0 aromatic heterocycles. The SMILES string of the molecule is COc1ccccc1C1CCCN1C(=O)C1CCCC1O. The molecule has 4 nitrogen and oxygen atoms in total. The second-order valence-electron chi connectivity index (χ2n) is 6.04. The number of hydrogen-bond donors (Lipinski definition) is 1. The van der Waals surface area contributed by atoms with Crippen molar-refractivity contribution in [3.8, 4) is 5.75 Å². The van der Waals surface area contributed by atoms with Crippen molar-refractivity contribution >= 4 is 5.91 Å². The van der Waals surface area contributed by atoms with Crippen LogP contribution in [0.5, 0.6) is 5.75 Å². The van der Waals surface area contributed by atoms with Gasteiger partial charge in [0.05, 0.1) is 25.2 Å². The highest BCUT2D eigenvalue weighted by Gasteiger charge is 2.39. The van der Waals surface area contributed by atoms with Crippen molar-refractivity contribution in [3.63, 3.8) is 0 Å². The van der Waals surface area contributed by atoms with Crippen LogP contribution in [0.25, 0.3) is 0 Å². The molecule has 1 N–H and O–H groups in total. The minimum absolute atomic E-state index is 0.0847. The summed E-state index contributed by atoms with van der Waals surface area (Å²) in [5.74, 6) is 0.753. The maximum Gasteiger partial charge on any atom is 0.228 e. The Morgan fingerprint density at radius 3 is 2.76 bits per heavy atom. The van der Waals surface area contributed by atoms with Crippen molar-refractivity contribution in [2.75, 3.05) is 13.7 Å². The first-order chi connectivity index (χ1) is 10.2. The Balaban J connectivity index is 1.83. The van der Waals surface area contributed by atoms with Gasteiger partial charge >= 0.3 is 0 Å². The van der Waals surface area contributed by atoms with Gasteiger partial charge in [-0.1, -0.05) is 18.2 Å². The lowest BCUT2D eigenvalue weighted by Crippen LogP contribution is -2.38. The molecule has 3 unspecified atom stereocenters. The highest BCUT2D eigenvalue weighted by molar-refractivity contribution is 5.80. The maximum atomic E-state index is 12.8. The molecule has 1 aliphatic heterocycles. The van der Waals surface area contributed by atoms with Crippen LogP contribution < -0.4 is 4.74 Å². The van der Waals surface area contributed by atoms with E-state index in [1.165, 1.54) is 0 Å². The number of aliphatic hydroxyl groups excluding tert-OH is 1. The molecule has 3 rings (SSSR count). The van der Waals surface area contributed by atoms with Crippen LogP contribution in [-0.4, -0.2) is 35.7 Å². The monoisotopic (exact) mass is 289 g/mol. The molecule has 1 amide bonds. The van der Waals surface area contributed by atoms with Crippen LogP contribution in [0, 0.1) is 5.92 Å². The zero-order valence-corrected chi connectivity index (χ0v) is 12.5. The fourth-order valence-electron chi connectivity index (χ4n) is 3.74. The van der Waals surface area contributed by atoms with Gasteiger partial charge in [0, 0.05) is 12.1 Å². The van der Waals surface area contributed by atoms with E-state index in [0.717, 1.165) is 50.0 Å². The summed E-state index contributed by atoms with van der Waals surface area (Å²) in [6.07, 6.45) is 4.03. The number of amides is 1. The van der Waals surface area contributed by atoms with E-state index in [1.54, 1.807) is 7.11 Å². The average molecular weight is 289 g/mol. The topological polar surface area (TPSA) is 49.8 Å². The Morgan fingerprint density at radius 2 is 2.05 bits per heavy atom. The van der Waals surface area contributed by atoms with Gasteiger partial charge in [0.15, 0.2) is 0 Å². The lowest BCUT2D eigenvalue weighted by molar-refractivity contribution is -0.139. The fraction of sp³-hybridized carbons (Fsp3) is 0.588. The van der Waals surface area contributed by atoms with Gasteiger partial charge in [0.2, 0.25) is 5.91 Å². The van der Waals surface area contributed by atoms with Crippen LogP contribution in [0.4, 0.5) is 0 Å². The summed E-state index contributed by atoms with van der Waals surface area (Å²) in [6.45, 7) is 0.783. The van der Waals surface area contributed by atoms with E-state index >= 15 is 0 Å². The number of benzene rings is 1. The summed E-state index contributed by atoms with van der Waals surface area (Å²) < 4.78 is 5.45. The third kappa shape index (κ3) is 2.64. The van der Waals surface area contributed by atoms with Crippen LogP contribution in [-0.2, 0) is 4.79 Å². The Morgan fingerprint density at radius 1 is 1.24 bits per heavy atom. The number of ether oxygens (including phenoxy) is 1. The van der Waals surface area contributed by atoms with Crippen LogP contribution in [0.3, 0.4) is 0 Å². The van der Waals surface area contributed by atoms with E-state index < -0.39 is 6.10 Å². The third-order valence-corrected chi connectivity index (χ3v) is 4.83. The van der Waals surface area contributed by atoms with Gasteiger partial charge in [-0.15, -0.1) is 0 Å². The number of carbonyl (C=O) groups is 1. The molecule has 2 fully saturated rings. The Bertz CT molecular complexity index is 517. The molecule has 1 saturated heterocycles. The molecule has 1 aliphatic carbocycles. The molecule has 21 heavy (non-hydrogen) atoms. The van der Waals surface area contributed by atoms with Crippen molar-refractivity contribution in [1.82, 2.24) is 4.90 Å². The smallest absolute Gasteiger partial charge is 0.228 e. The lowest BCUT2D eigenvalue weighted by atomic mass is 10.00. The molecular formula is C17H23NO3. The lowest BCUT2D eigenvalue weighted by Gasteiger charge is -2.29. The zero-order chi connectivity index (χ0) is 14.8. The first-order valence-corrected chi connectivity index (χ1v) is 7.84. The number of hydrogen-bond acceptors (Lipinski definition) is 3. The zero-order valence-electron chi connectivity index (χ0n) is 12.5. The molecule has 0 bridgehead atoms. The molecule has 0 spiro atoms. The molecule has 4 heteroatoms. The van der Waals surface area contributed by atoms with Crippen molar-refractivity contribution in [3.05, 3.63) is 29.8 Å². The first kappa shape index (κ1) is 14.4. The van der Waals surface area contributed by atoms with Gasteiger partial charge in [-0.3, -0.25) is 4.79 Å². The minimum atomic E-state index is -0.462. The normalized spacial score (nSPS) is 28.9. The summed E-state index contributed by atoms with van der Waals surface area (Å²) in [6, 6.07) is 8.01. The Kier molecular flexibility index (Phi) is 4.15. The van der Waals surface area contributed by atoms with Crippen LogP contribution in [0.15, 0.2) is 24.3 Å². The van der Waals surface area contributed by atoms with E-state index in [4.69, 9.17) is 4.74 Å². The summed E-state index contributed by atoms with van der Waals surface area (Å²) in [5, 5.41) is 10.0. The highest BCUT2D eigenvalue weighted by atomic mass is 16.5. The van der Waals surface area contributed by atoms with E-state index in [9.17, 15) is 9.90 Å². The predicted octanol–water partition coefficient (Wildman–Crippen LogP) is 2.52. The summed E-state index contributed by atoms with van der Waals surface area (Å²) >= 11 is 0. The second kappa shape index (κ2) is 6.06. The molecule has 3 atom stereocenters. The number of carbonyl (C=O) groups excluding carboxylic acids is 1. The van der Waals surface area contributed by atoms with E-state index in [1.807, 2.05) is 29.2 Å². The Labute approximate surface area is 125 Å². The van der Waals surface area contributed by atoms with Crippen LogP contribution in [0.2, 0.25) is 0 Å². The van der Waals surface area contributed by atoms with Gasteiger partial charge in [0.25, 0.3) is 0 Å². The van der Waals surface area contributed by atoms with E-state index in [-0.39, 0.29) is 17.9 Å². The molecule has 1 aromatic carbocycles. The number of rotatable bonds is 3. The standard InChI is InChI=1S/C17H23NO3/c1-21-16-10-3-2-6-12(16)14-8-5-11-18(14)17(20)13-7-4-9-15(13)19/h2-3,6,10,13-15,19H,4-5,7-9,11H2,1H3. The van der Waals surface area contributed by atoms with Gasteiger partial charge < -0.3 is 14.7 Å². The molecule has 1 heterocycles. The van der Waals surface area contributed by atoms with Gasteiger partial charge in [-0.05, 0) is 38.2 Å². The fourth-order valence-corrected chi connectivity index (χ4v) is 3.74. The molecule has 1 aromatic rings. The molecule has 2 aliphatic rings. The summed E-state index contributed by atoms with van der Waals surface area (Å²) in [5.41, 5.74) is 1.08.